The fourth-order valence-corrected chi connectivity index (χ4v) is 2.99. The molecule has 0 radical (unpaired) electrons. The van der Waals surface area contributed by atoms with Gasteiger partial charge in [0.1, 0.15) is 10.4 Å². The van der Waals surface area contributed by atoms with E-state index in [1.807, 2.05) is 12.1 Å². The summed E-state index contributed by atoms with van der Waals surface area (Å²) in [6, 6.07) is 6.14. The molecule has 0 saturated heterocycles. The van der Waals surface area contributed by atoms with Crippen LogP contribution in [0.1, 0.15) is 25.1 Å². The number of halogens is 1. The number of fused-ring (bicyclic) bond motifs is 1. The summed E-state index contributed by atoms with van der Waals surface area (Å²) in [6.45, 7) is 0.688. The van der Waals surface area contributed by atoms with Gasteiger partial charge in [-0.1, -0.05) is 12.5 Å². The smallest absolute Gasteiger partial charge is 0.132 e. The van der Waals surface area contributed by atoms with Crippen molar-refractivity contribution >= 4 is 21.4 Å². The minimum atomic E-state index is 0.107. The Morgan fingerprint density at radius 1 is 1.44 bits per heavy atom. The zero-order chi connectivity index (χ0) is 11.2. The maximum absolute atomic E-state index is 5.93. The Hall–Kier alpha value is -0.870. The zero-order valence-corrected chi connectivity index (χ0v) is 10.6. The molecule has 1 fully saturated rings. The van der Waals surface area contributed by atoms with Crippen LogP contribution in [0.5, 0.6) is 0 Å². The summed E-state index contributed by atoms with van der Waals surface area (Å²) in [5.74, 6) is 1.11. The molecule has 0 atom stereocenters. The van der Waals surface area contributed by atoms with E-state index in [-0.39, 0.29) is 5.41 Å². The van der Waals surface area contributed by atoms with Crippen molar-refractivity contribution < 1.29 is 0 Å². The lowest BCUT2D eigenvalue weighted by Crippen LogP contribution is -2.43. The summed E-state index contributed by atoms with van der Waals surface area (Å²) in [4.78, 5) is 4.65. The highest BCUT2D eigenvalue weighted by Gasteiger charge is 2.41. The molecule has 3 rings (SSSR count). The van der Waals surface area contributed by atoms with Crippen LogP contribution in [0.2, 0.25) is 0 Å². The van der Waals surface area contributed by atoms with Crippen molar-refractivity contribution in [2.75, 3.05) is 6.54 Å². The van der Waals surface area contributed by atoms with E-state index in [4.69, 9.17) is 5.73 Å². The molecule has 0 unspecified atom stereocenters. The quantitative estimate of drug-likeness (QED) is 0.918. The van der Waals surface area contributed by atoms with Gasteiger partial charge in [-0.05, 0) is 40.9 Å². The summed E-state index contributed by atoms with van der Waals surface area (Å²) in [6.07, 6.45) is 5.64. The third-order valence-corrected chi connectivity index (χ3v) is 4.26. The number of nitrogens with zero attached hydrogens (tertiary/aromatic N) is 2. The molecule has 84 valence electrons. The van der Waals surface area contributed by atoms with E-state index in [9.17, 15) is 0 Å². The summed E-state index contributed by atoms with van der Waals surface area (Å²) < 4.78 is 3.08. The Balaban J connectivity index is 2.24. The second kappa shape index (κ2) is 3.57. The molecule has 4 heteroatoms. The normalized spacial score (nSPS) is 18.6. The molecule has 1 saturated carbocycles. The molecule has 1 aliphatic carbocycles. The molecule has 2 aromatic heterocycles. The van der Waals surface area contributed by atoms with Crippen LogP contribution in [0.25, 0.3) is 5.52 Å². The molecule has 2 heterocycles. The Labute approximate surface area is 103 Å². The monoisotopic (exact) mass is 279 g/mol. The fraction of sp³-hybridized carbons (Fsp3) is 0.417. The van der Waals surface area contributed by atoms with Crippen LogP contribution in [0.4, 0.5) is 0 Å². The van der Waals surface area contributed by atoms with Crippen LogP contribution in [-0.2, 0) is 5.41 Å². The van der Waals surface area contributed by atoms with Gasteiger partial charge in [-0.15, -0.1) is 0 Å². The second-order valence-electron chi connectivity index (χ2n) is 4.52. The average molecular weight is 280 g/mol. The zero-order valence-electron chi connectivity index (χ0n) is 8.99. The number of pyridine rings is 1. The van der Waals surface area contributed by atoms with Crippen LogP contribution < -0.4 is 5.73 Å². The largest absolute Gasteiger partial charge is 0.329 e. The molecule has 0 amide bonds. The Kier molecular flexibility index (Phi) is 2.30. The molecule has 0 spiro atoms. The van der Waals surface area contributed by atoms with Gasteiger partial charge in [-0.25, -0.2) is 4.98 Å². The van der Waals surface area contributed by atoms with Crippen molar-refractivity contribution in [1.82, 2.24) is 9.38 Å². The highest BCUT2D eigenvalue weighted by Crippen LogP contribution is 2.43. The predicted molar refractivity (Wildman–Crippen MR) is 67.5 cm³/mol. The van der Waals surface area contributed by atoms with E-state index in [0.717, 1.165) is 28.8 Å². The first-order chi connectivity index (χ1) is 7.77. The van der Waals surface area contributed by atoms with Gasteiger partial charge in [-0.2, -0.15) is 0 Å². The van der Waals surface area contributed by atoms with E-state index in [1.54, 1.807) is 0 Å². The highest BCUT2D eigenvalue weighted by atomic mass is 79.9. The van der Waals surface area contributed by atoms with Crippen molar-refractivity contribution in [2.24, 2.45) is 5.73 Å². The molecular formula is C12H14BrN3. The molecule has 16 heavy (non-hydrogen) atoms. The van der Waals surface area contributed by atoms with Gasteiger partial charge in [0.05, 0.1) is 5.52 Å². The molecule has 0 aliphatic heterocycles. The lowest BCUT2D eigenvalue weighted by molar-refractivity contribution is 0.237. The van der Waals surface area contributed by atoms with Crippen LogP contribution in [-0.4, -0.2) is 15.9 Å². The van der Waals surface area contributed by atoms with Crippen molar-refractivity contribution in [3.05, 3.63) is 34.8 Å². The SMILES string of the molecule is NCC1(c2nc(Br)c3ccccn23)CCC1. The minimum Gasteiger partial charge on any atom is -0.329 e. The number of nitrogens with two attached hydrogens (primary N) is 1. The summed E-state index contributed by atoms with van der Waals surface area (Å²) in [5.41, 5.74) is 7.16. The molecule has 2 N–H and O–H groups in total. The lowest BCUT2D eigenvalue weighted by Gasteiger charge is -2.39. The molecular weight excluding hydrogens is 266 g/mol. The standard InChI is InChI=1S/C12H14BrN3/c13-10-9-4-1-2-7-16(9)11(15-10)12(8-14)5-3-6-12/h1-2,4,7H,3,5-6,8,14H2. The van der Waals surface area contributed by atoms with E-state index in [2.05, 4.69) is 37.6 Å². The Morgan fingerprint density at radius 2 is 2.25 bits per heavy atom. The predicted octanol–water partition coefficient (Wildman–Crippen LogP) is 2.48. The highest BCUT2D eigenvalue weighted by molar-refractivity contribution is 9.10. The van der Waals surface area contributed by atoms with E-state index < -0.39 is 0 Å². The topological polar surface area (TPSA) is 43.3 Å². The first-order valence-corrected chi connectivity index (χ1v) is 6.39. The third kappa shape index (κ3) is 1.26. The van der Waals surface area contributed by atoms with Gasteiger partial charge < -0.3 is 10.1 Å². The fourth-order valence-electron chi connectivity index (χ4n) is 2.50. The first kappa shape index (κ1) is 10.3. The number of rotatable bonds is 2. The van der Waals surface area contributed by atoms with Crippen molar-refractivity contribution in [1.29, 1.82) is 0 Å². The van der Waals surface area contributed by atoms with E-state index in [0.29, 0.717) is 6.54 Å². The molecule has 1 aliphatic rings. The summed E-state index contributed by atoms with van der Waals surface area (Å²) >= 11 is 3.52. The molecule has 3 nitrogen and oxygen atoms in total. The molecule has 2 aromatic rings. The molecule has 0 aromatic carbocycles. The Morgan fingerprint density at radius 3 is 2.88 bits per heavy atom. The maximum atomic E-state index is 5.93. The van der Waals surface area contributed by atoms with Gasteiger partial charge in [0.25, 0.3) is 0 Å². The number of hydrogen-bond acceptors (Lipinski definition) is 2. The summed E-state index contributed by atoms with van der Waals surface area (Å²) in [7, 11) is 0. The van der Waals surface area contributed by atoms with Gasteiger partial charge in [-0.3, -0.25) is 0 Å². The third-order valence-electron chi connectivity index (χ3n) is 3.68. The number of imidazole rings is 1. The number of hydrogen-bond donors (Lipinski definition) is 1. The molecule has 0 bridgehead atoms. The van der Waals surface area contributed by atoms with Crippen molar-refractivity contribution in [2.45, 2.75) is 24.7 Å². The minimum absolute atomic E-state index is 0.107. The van der Waals surface area contributed by atoms with Crippen molar-refractivity contribution in [3.8, 4) is 0 Å². The van der Waals surface area contributed by atoms with Crippen LogP contribution in [0, 0.1) is 0 Å². The van der Waals surface area contributed by atoms with Gasteiger partial charge >= 0.3 is 0 Å². The van der Waals surface area contributed by atoms with E-state index >= 15 is 0 Å². The van der Waals surface area contributed by atoms with Crippen LogP contribution >= 0.6 is 15.9 Å². The van der Waals surface area contributed by atoms with Gasteiger partial charge in [0.2, 0.25) is 0 Å². The van der Waals surface area contributed by atoms with Crippen molar-refractivity contribution in [3.63, 3.8) is 0 Å². The van der Waals surface area contributed by atoms with Crippen LogP contribution in [0.3, 0.4) is 0 Å². The van der Waals surface area contributed by atoms with Gasteiger partial charge in [0, 0.05) is 18.2 Å². The Bertz CT molecular complexity index is 523. The lowest BCUT2D eigenvalue weighted by atomic mass is 9.68. The first-order valence-electron chi connectivity index (χ1n) is 5.60. The average Bonchev–Trinajstić information content (AvgIpc) is 2.58. The van der Waals surface area contributed by atoms with Crippen LogP contribution in [0.15, 0.2) is 29.0 Å². The summed E-state index contributed by atoms with van der Waals surface area (Å²) in [5, 5.41) is 0. The second-order valence-corrected chi connectivity index (χ2v) is 5.27. The number of aromatic nitrogens is 2. The van der Waals surface area contributed by atoms with Gasteiger partial charge in [0.15, 0.2) is 0 Å². The maximum Gasteiger partial charge on any atom is 0.132 e. The van der Waals surface area contributed by atoms with E-state index in [1.165, 1.54) is 6.42 Å².